The Bertz CT molecular complexity index is 597. The number of rotatable bonds is 5. The first-order chi connectivity index (χ1) is 10.4. The van der Waals surface area contributed by atoms with E-state index in [-0.39, 0.29) is 0 Å². The summed E-state index contributed by atoms with van der Waals surface area (Å²) < 4.78 is 13.2. The maximum Gasteiger partial charge on any atom is 0.163 e. The molecule has 1 aliphatic heterocycles. The van der Waals surface area contributed by atoms with Crippen LogP contribution in [0, 0.1) is 0 Å². The van der Waals surface area contributed by atoms with Gasteiger partial charge in [-0.1, -0.05) is 6.92 Å². The number of aromatic nitrogens is 3. The van der Waals surface area contributed by atoms with Gasteiger partial charge in [-0.05, 0) is 18.6 Å². The number of nitrogens with zero attached hydrogens (tertiary/aromatic N) is 3. The highest BCUT2D eigenvalue weighted by atomic mass is 16.5. The zero-order chi connectivity index (χ0) is 14.5. The molecule has 1 aromatic heterocycles. The Labute approximate surface area is 124 Å². The van der Waals surface area contributed by atoms with Gasteiger partial charge in [0.05, 0.1) is 19.8 Å². The molecule has 0 saturated carbocycles. The summed E-state index contributed by atoms with van der Waals surface area (Å²) in [7, 11) is 0. The predicted octanol–water partition coefficient (Wildman–Crippen LogP) is 2.46. The first-order valence-corrected chi connectivity index (χ1v) is 7.37. The lowest BCUT2D eigenvalue weighted by atomic mass is 10.2. The molecule has 6 heteroatoms. The van der Waals surface area contributed by atoms with Crippen LogP contribution < -0.4 is 14.8 Å². The van der Waals surface area contributed by atoms with E-state index >= 15 is 0 Å². The first kappa shape index (κ1) is 13.7. The van der Waals surface area contributed by atoms with E-state index in [1.165, 1.54) is 0 Å². The number of nitrogens with one attached hydrogen (secondary N) is 1. The molecule has 0 atom stereocenters. The third-order valence-electron chi connectivity index (χ3n) is 3.33. The van der Waals surface area contributed by atoms with E-state index in [0.29, 0.717) is 19.8 Å². The Hall–Kier alpha value is -2.24. The number of fused-ring (bicyclic) bond motifs is 1. The Morgan fingerprint density at radius 2 is 2.10 bits per heavy atom. The van der Waals surface area contributed by atoms with Gasteiger partial charge in [-0.2, -0.15) is 5.10 Å². The van der Waals surface area contributed by atoms with Gasteiger partial charge in [0.2, 0.25) is 0 Å². The summed E-state index contributed by atoms with van der Waals surface area (Å²) in [6.45, 7) is 5.06. The van der Waals surface area contributed by atoms with Crippen LogP contribution in [-0.4, -0.2) is 28.0 Å². The molecule has 0 unspecified atom stereocenters. The molecule has 3 rings (SSSR count). The van der Waals surface area contributed by atoms with E-state index in [1.54, 1.807) is 6.33 Å². The van der Waals surface area contributed by atoms with Crippen molar-refractivity contribution in [3.63, 3.8) is 0 Å². The molecule has 6 nitrogen and oxygen atoms in total. The van der Waals surface area contributed by atoms with Crippen LogP contribution in [0.5, 0.6) is 11.5 Å². The van der Waals surface area contributed by atoms with Crippen molar-refractivity contribution in [3.8, 4) is 11.5 Å². The van der Waals surface area contributed by atoms with Crippen LogP contribution in [0.15, 0.2) is 24.5 Å². The van der Waals surface area contributed by atoms with Crippen LogP contribution in [0.2, 0.25) is 0 Å². The fraction of sp³-hybridized carbons (Fsp3) is 0.467. The number of hydrogen-bond donors (Lipinski definition) is 1. The zero-order valence-corrected chi connectivity index (χ0v) is 12.2. The van der Waals surface area contributed by atoms with E-state index in [0.717, 1.165) is 42.4 Å². The van der Waals surface area contributed by atoms with Crippen molar-refractivity contribution in [3.05, 3.63) is 30.4 Å². The smallest absolute Gasteiger partial charge is 0.163 e. The van der Waals surface area contributed by atoms with Crippen molar-refractivity contribution in [2.75, 3.05) is 18.5 Å². The average Bonchev–Trinajstić information content (AvgIpc) is 2.81. The zero-order valence-electron chi connectivity index (χ0n) is 12.2. The maximum atomic E-state index is 5.69. The van der Waals surface area contributed by atoms with Crippen molar-refractivity contribution < 1.29 is 9.47 Å². The minimum absolute atomic E-state index is 0.639. The lowest BCUT2D eigenvalue weighted by Gasteiger charge is -2.11. The van der Waals surface area contributed by atoms with Crippen LogP contribution in [0.3, 0.4) is 0 Å². The van der Waals surface area contributed by atoms with Crippen LogP contribution in [0.1, 0.15) is 25.6 Å². The Balaban J connectivity index is 1.67. The lowest BCUT2D eigenvalue weighted by molar-refractivity contribution is 0.297. The topological polar surface area (TPSA) is 61.2 Å². The summed E-state index contributed by atoms with van der Waals surface area (Å²) >= 11 is 0. The summed E-state index contributed by atoms with van der Waals surface area (Å²) in [6.07, 6.45) is 3.55. The molecule has 0 amide bonds. The molecule has 2 heterocycles. The molecule has 0 spiro atoms. The lowest BCUT2D eigenvalue weighted by Crippen LogP contribution is -2.10. The second kappa shape index (κ2) is 6.47. The average molecular weight is 288 g/mol. The van der Waals surface area contributed by atoms with Crippen LogP contribution in [0.25, 0.3) is 0 Å². The second-order valence-corrected chi connectivity index (χ2v) is 4.96. The monoisotopic (exact) mass is 288 g/mol. The fourth-order valence-corrected chi connectivity index (χ4v) is 2.28. The van der Waals surface area contributed by atoms with Gasteiger partial charge in [0.25, 0.3) is 0 Å². The molecule has 1 aliphatic rings. The second-order valence-electron chi connectivity index (χ2n) is 4.96. The molecule has 2 aromatic rings. The number of hydrogen-bond acceptors (Lipinski definition) is 5. The van der Waals surface area contributed by atoms with Crippen molar-refractivity contribution >= 4 is 5.69 Å². The van der Waals surface area contributed by atoms with Gasteiger partial charge in [0.1, 0.15) is 12.2 Å². The van der Waals surface area contributed by atoms with Gasteiger partial charge in [-0.25, -0.2) is 9.67 Å². The predicted molar refractivity (Wildman–Crippen MR) is 79.7 cm³/mol. The molecule has 0 fully saturated rings. The van der Waals surface area contributed by atoms with Gasteiger partial charge < -0.3 is 14.8 Å². The third-order valence-corrected chi connectivity index (χ3v) is 3.33. The minimum atomic E-state index is 0.639. The first-order valence-electron chi connectivity index (χ1n) is 7.37. The van der Waals surface area contributed by atoms with E-state index in [4.69, 9.17) is 9.47 Å². The highest BCUT2D eigenvalue weighted by Crippen LogP contribution is 2.32. The quantitative estimate of drug-likeness (QED) is 0.915. The Kier molecular flexibility index (Phi) is 4.23. The molecule has 0 aliphatic carbocycles. The molecule has 1 aromatic carbocycles. The summed E-state index contributed by atoms with van der Waals surface area (Å²) in [5.74, 6) is 2.55. The molecule has 0 radical (unpaired) electrons. The molecular formula is C15H20N4O2. The van der Waals surface area contributed by atoms with E-state index in [2.05, 4.69) is 22.3 Å². The van der Waals surface area contributed by atoms with Crippen molar-refractivity contribution in [2.24, 2.45) is 0 Å². The molecule has 112 valence electrons. The largest absolute Gasteiger partial charge is 0.490 e. The number of ether oxygens (including phenoxy) is 2. The van der Waals surface area contributed by atoms with E-state index < -0.39 is 0 Å². The number of benzene rings is 1. The summed E-state index contributed by atoms with van der Waals surface area (Å²) in [5.41, 5.74) is 0.991. The summed E-state index contributed by atoms with van der Waals surface area (Å²) in [4.78, 5) is 4.29. The van der Waals surface area contributed by atoms with E-state index in [9.17, 15) is 0 Å². The highest BCUT2D eigenvalue weighted by molar-refractivity contribution is 5.54. The Morgan fingerprint density at radius 3 is 2.95 bits per heavy atom. The normalized spacial score (nSPS) is 13.8. The minimum Gasteiger partial charge on any atom is -0.490 e. The third kappa shape index (κ3) is 3.26. The molecule has 1 N–H and O–H groups in total. The number of aryl methyl sites for hydroxylation is 1. The summed E-state index contributed by atoms with van der Waals surface area (Å²) in [6, 6.07) is 5.91. The van der Waals surface area contributed by atoms with Gasteiger partial charge in [0.15, 0.2) is 11.5 Å². The molecule has 0 bridgehead atoms. The maximum absolute atomic E-state index is 5.69. The van der Waals surface area contributed by atoms with Crippen LogP contribution in [0.4, 0.5) is 5.69 Å². The van der Waals surface area contributed by atoms with E-state index in [1.807, 2.05) is 22.9 Å². The fourth-order valence-electron chi connectivity index (χ4n) is 2.28. The van der Waals surface area contributed by atoms with Gasteiger partial charge in [-0.15, -0.1) is 0 Å². The van der Waals surface area contributed by atoms with Gasteiger partial charge in [0, 0.05) is 24.7 Å². The SMILES string of the molecule is CCCn1ncnc1CNc1ccc2c(c1)OCCCO2. The van der Waals surface area contributed by atoms with Crippen molar-refractivity contribution in [1.29, 1.82) is 0 Å². The Morgan fingerprint density at radius 1 is 1.24 bits per heavy atom. The standard InChI is InChI=1S/C15H20N4O2/c1-2-6-19-15(17-11-18-19)10-16-12-4-5-13-14(9-12)21-8-3-7-20-13/h4-5,9,11,16H,2-3,6-8,10H2,1H3. The number of anilines is 1. The van der Waals surface area contributed by atoms with Crippen LogP contribution in [-0.2, 0) is 13.1 Å². The van der Waals surface area contributed by atoms with Crippen molar-refractivity contribution in [2.45, 2.75) is 32.9 Å². The molecule has 21 heavy (non-hydrogen) atoms. The molecular weight excluding hydrogens is 268 g/mol. The van der Waals surface area contributed by atoms with Crippen molar-refractivity contribution in [1.82, 2.24) is 14.8 Å². The summed E-state index contributed by atoms with van der Waals surface area (Å²) in [5, 5.41) is 7.58. The van der Waals surface area contributed by atoms with Gasteiger partial charge in [-0.3, -0.25) is 0 Å². The molecule has 0 saturated heterocycles. The van der Waals surface area contributed by atoms with Gasteiger partial charge >= 0.3 is 0 Å². The highest BCUT2D eigenvalue weighted by Gasteiger charge is 2.11. The van der Waals surface area contributed by atoms with Crippen LogP contribution >= 0.6 is 0 Å².